The third-order valence-electron chi connectivity index (χ3n) is 6.26. The average molecular weight is 570 g/mol. The van der Waals surface area contributed by atoms with E-state index in [1.54, 1.807) is 41.3 Å². The molecule has 208 valence electrons. The number of carbonyl (C=O) groups excluding carboxylic acids is 2. The van der Waals surface area contributed by atoms with Crippen LogP contribution in [-0.4, -0.2) is 50.5 Å². The number of nitrogens with one attached hydrogen (secondary N) is 1. The number of halogens is 1. The second kappa shape index (κ2) is 14.7. The highest BCUT2D eigenvalue weighted by Gasteiger charge is 2.30. The van der Waals surface area contributed by atoms with Crippen LogP contribution in [0.1, 0.15) is 37.3 Å². The lowest BCUT2D eigenvalue weighted by molar-refractivity contribution is -0.141. The fourth-order valence-electron chi connectivity index (χ4n) is 4.35. The van der Waals surface area contributed by atoms with Gasteiger partial charge in [0.15, 0.2) is 0 Å². The summed E-state index contributed by atoms with van der Waals surface area (Å²) in [6, 6.07) is 24.9. The molecule has 0 aliphatic carbocycles. The Labute approximate surface area is 236 Å². The Morgan fingerprint density at radius 1 is 0.923 bits per heavy atom. The van der Waals surface area contributed by atoms with E-state index in [4.69, 9.17) is 11.6 Å². The van der Waals surface area contributed by atoms with Gasteiger partial charge in [-0.3, -0.25) is 13.9 Å². The molecule has 0 spiro atoms. The Kier molecular flexibility index (Phi) is 11.4. The number of carbonyl (C=O) groups is 2. The Balaban J connectivity index is 1.86. The molecule has 0 saturated carbocycles. The van der Waals surface area contributed by atoms with Crippen molar-refractivity contribution in [3.63, 3.8) is 0 Å². The summed E-state index contributed by atoms with van der Waals surface area (Å²) in [4.78, 5) is 28.7. The van der Waals surface area contributed by atoms with Gasteiger partial charge < -0.3 is 10.2 Å². The minimum atomic E-state index is -3.54. The van der Waals surface area contributed by atoms with E-state index in [1.807, 2.05) is 55.5 Å². The van der Waals surface area contributed by atoms with Crippen LogP contribution in [0.3, 0.4) is 0 Å². The van der Waals surface area contributed by atoms with Gasteiger partial charge in [-0.25, -0.2) is 8.42 Å². The Morgan fingerprint density at radius 3 is 2.18 bits per heavy atom. The van der Waals surface area contributed by atoms with Gasteiger partial charge in [-0.15, -0.1) is 0 Å². The van der Waals surface area contributed by atoms with E-state index >= 15 is 0 Å². The summed E-state index contributed by atoms with van der Waals surface area (Å²) in [6.45, 7) is 2.82. The van der Waals surface area contributed by atoms with E-state index in [0.717, 1.165) is 23.8 Å². The van der Waals surface area contributed by atoms with E-state index in [0.29, 0.717) is 30.1 Å². The first-order valence-electron chi connectivity index (χ1n) is 13.1. The number of hydrogen-bond donors (Lipinski definition) is 1. The molecule has 0 radical (unpaired) electrons. The molecule has 0 heterocycles. The molecule has 7 nitrogen and oxygen atoms in total. The second-order valence-electron chi connectivity index (χ2n) is 9.42. The zero-order valence-corrected chi connectivity index (χ0v) is 24.0. The molecule has 0 bridgehead atoms. The number of rotatable bonds is 14. The van der Waals surface area contributed by atoms with Crippen LogP contribution < -0.4 is 9.62 Å². The van der Waals surface area contributed by atoms with Gasteiger partial charge in [0.2, 0.25) is 21.8 Å². The van der Waals surface area contributed by atoms with Crippen LogP contribution >= 0.6 is 11.6 Å². The molecule has 3 aromatic rings. The Bertz CT molecular complexity index is 1320. The summed E-state index contributed by atoms with van der Waals surface area (Å²) in [5.41, 5.74) is 2.29. The minimum absolute atomic E-state index is 0.0752. The van der Waals surface area contributed by atoms with Crippen molar-refractivity contribution in [2.24, 2.45) is 0 Å². The highest BCUT2D eigenvalue weighted by Crippen LogP contribution is 2.21. The van der Waals surface area contributed by atoms with Crippen LogP contribution in [0.25, 0.3) is 0 Å². The van der Waals surface area contributed by atoms with Crippen molar-refractivity contribution in [1.82, 2.24) is 10.2 Å². The third-order valence-corrected chi connectivity index (χ3v) is 7.69. The van der Waals surface area contributed by atoms with Crippen molar-refractivity contribution in [3.8, 4) is 0 Å². The molecule has 2 amide bonds. The van der Waals surface area contributed by atoms with Gasteiger partial charge in [-0.1, -0.05) is 79.2 Å². The van der Waals surface area contributed by atoms with Crippen LogP contribution in [0.2, 0.25) is 5.02 Å². The molecule has 0 aliphatic heterocycles. The molecule has 3 rings (SSSR count). The summed E-state index contributed by atoms with van der Waals surface area (Å²) in [6.07, 6.45) is 2.64. The summed E-state index contributed by atoms with van der Waals surface area (Å²) in [5.74, 6) is -0.456. The Morgan fingerprint density at radius 2 is 1.56 bits per heavy atom. The fraction of sp³-hybridized carbons (Fsp3) is 0.333. The van der Waals surface area contributed by atoms with Gasteiger partial charge in [0.25, 0.3) is 0 Å². The number of hydrogen-bond acceptors (Lipinski definition) is 4. The van der Waals surface area contributed by atoms with Gasteiger partial charge in [-0.2, -0.15) is 0 Å². The topological polar surface area (TPSA) is 86.8 Å². The fourth-order valence-corrected chi connectivity index (χ4v) is 5.53. The molecule has 0 saturated heterocycles. The van der Waals surface area contributed by atoms with Gasteiger partial charge in [0, 0.05) is 37.5 Å². The number of sulfonamides is 1. The molecular weight excluding hydrogens is 534 g/mol. The van der Waals surface area contributed by atoms with E-state index in [2.05, 4.69) is 5.32 Å². The lowest BCUT2D eigenvalue weighted by atomic mass is 10.0. The van der Waals surface area contributed by atoms with Crippen LogP contribution in [-0.2, 0) is 32.6 Å². The predicted octanol–water partition coefficient (Wildman–Crippen LogP) is 5.05. The zero-order valence-electron chi connectivity index (χ0n) is 22.4. The predicted molar refractivity (Wildman–Crippen MR) is 157 cm³/mol. The molecule has 0 unspecified atom stereocenters. The number of anilines is 1. The Hall–Kier alpha value is -3.36. The monoisotopic (exact) mass is 569 g/mol. The van der Waals surface area contributed by atoms with Crippen molar-refractivity contribution in [2.45, 2.75) is 45.2 Å². The molecule has 1 N–H and O–H groups in total. The molecule has 39 heavy (non-hydrogen) atoms. The number of benzene rings is 3. The quantitative estimate of drug-likeness (QED) is 0.294. The van der Waals surface area contributed by atoms with Gasteiger partial charge in [-0.05, 0) is 48.2 Å². The maximum Gasteiger partial charge on any atom is 0.243 e. The summed E-state index contributed by atoms with van der Waals surface area (Å²) in [5, 5.41) is 3.50. The van der Waals surface area contributed by atoms with E-state index in [1.165, 1.54) is 4.31 Å². The van der Waals surface area contributed by atoms with Crippen LogP contribution in [0, 0.1) is 0 Å². The zero-order chi connectivity index (χ0) is 28.3. The maximum atomic E-state index is 13.8. The first-order chi connectivity index (χ1) is 18.7. The van der Waals surface area contributed by atoms with Crippen LogP contribution in [0.15, 0.2) is 84.9 Å². The van der Waals surface area contributed by atoms with Gasteiger partial charge in [0.1, 0.15) is 6.04 Å². The standard InChI is InChI=1S/C30H36ClN3O4S/c1-3-19-32-30(36)28(22-24-12-6-4-7-13-24)33(23-25-14-10-15-26(31)21-25)29(35)18-11-20-34(39(2,37)38)27-16-8-5-9-17-27/h4-10,12-17,21,28H,3,11,18-20,22-23H2,1-2H3,(H,32,36)/t28-/m1/s1. The van der Waals surface area contributed by atoms with Crippen LogP contribution in [0.4, 0.5) is 5.69 Å². The largest absolute Gasteiger partial charge is 0.354 e. The average Bonchev–Trinajstić information content (AvgIpc) is 2.92. The molecule has 0 aromatic heterocycles. The molecule has 3 aromatic carbocycles. The van der Waals surface area contributed by atoms with Crippen molar-refractivity contribution in [1.29, 1.82) is 0 Å². The minimum Gasteiger partial charge on any atom is -0.354 e. The normalized spacial score (nSPS) is 12.0. The lowest BCUT2D eigenvalue weighted by Gasteiger charge is -2.32. The first-order valence-corrected chi connectivity index (χ1v) is 15.3. The molecular formula is C30H36ClN3O4S. The lowest BCUT2D eigenvalue weighted by Crippen LogP contribution is -2.50. The molecule has 9 heteroatoms. The summed E-state index contributed by atoms with van der Waals surface area (Å²) < 4.78 is 26.3. The van der Waals surface area contributed by atoms with E-state index in [9.17, 15) is 18.0 Å². The third kappa shape index (κ3) is 9.41. The summed E-state index contributed by atoms with van der Waals surface area (Å²) >= 11 is 6.22. The number of amides is 2. The first kappa shape index (κ1) is 30.2. The highest BCUT2D eigenvalue weighted by molar-refractivity contribution is 7.92. The van der Waals surface area contributed by atoms with Gasteiger partial charge >= 0.3 is 0 Å². The molecule has 0 fully saturated rings. The highest BCUT2D eigenvalue weighted by atomic mass is 35.5. The van der Waals surface area contributed by atoms with Crippen LogP contribution in [0.5, 0.6) is 0 Å². The van der Waals surface area contributed by atoms with Crippen molar-refractivity contribution < 1.29 is 18.0 Å². The van der Waals surface area contributed by atoms with Crippen molar-refractivity contribution in [3.05, 3.63) is 101 Å². The number of nitrogens with zero attached hydrogens (tertiary/aromatic N) is 2. The summed E-state index contributed by atoms with van der Waals surface area (Å²) in [7, 11) is -3.54. The maximum absolute atomic E-state index is 13.8. The number of para-hydroxylation sites is 1. The van der Waals surface area contributed by atoms with Gasteiger partial charge in [0.05, 0.1) is 11.9 Å². The smallest absolute Gasteiger partial charge is 0.243 e. The second-order valence-corrected chi connectivity index (χ2v) is 11.8. The van der Waals surface area contributed by atoms with E-state index in [-0.39, 0.29) is 31.3 Å². The van der Waals surface area contributed by atoms with Crippen molar-refractivity contribution >= 4 is 39.1 Å². The van der Waals surface area contributed by atoms with E-state index < -0.39 is 16.1 Å². The molecule has 0 aliphatic rings. The molecule has 1 atom stereocenters. The SMILES string of the molecule is CCCNC(=O)[C@@H](Cc1ccccc1)N(Cc1cccc(Cl)c1)C(=O)CCCN(c1ccccc1)S(C)(=O)=O. The van der Waals surface area contributed by atoms with Crippen molar-refractivity contribution in [2.75, 3.05) is 23.7 Å².